The minimum atomic E-state index is -0.214. The Kier molecular flexibility index (Phi) is 8.05. The Morgan fingerprint density at radius 3 is 2.44 bits per heavy atom. The number of nitrogens with one attached hydrogen (secondary N) is 1. The van der Waals surface area contributed by atoms with Crippen LogP contribution in [0, 0.1) is 0 Å². The van der Waals surface area contributed by atoms with E-state index in [1.54, 1.807) is 18.2 Å². The third-order valence-corrected chi connectivity index (χ3v) is 6.65. The van der Waals surface area contributed by atoms with Crippen LogP contribution in [0.15, 0.2) is 53.7 Å². The molecule has 1 aromatic heterocycles. The van der Waals surface area contributed by atoms with E-state index >= 15 is 0 Å². The van der Waals surface area contributed by atoms with E-state index in [0.717, 1.165) is 50.8 Å². The fraction of sp³-hybridized carbons (Fsp3) is 0.318. The number of carbonyl (C=O) groups excluding carboxylic acids is 1. The van der Waals surface area contributed by atoms with Gasteiger partial charge in [-0.25, -0.2) is 0 Å². The molecule has 1 saturated heterocycles. The lowest BCUT2D eigenvalue weighted by atomic mass is 10.2. The first kappa shape index (κ1) is 23.1. The van der Waals surface area contributed by atoms with Crippen molar-refractivity contribution in [1.29, 1.82) is 0 Å². The number of morpholine rings is 1. The van der Waals surface area contributed by atoms with Crippen LogP contribution < -0.4 is 5.32 Å². The Balaban J connectivity index is 1.47. The Morgan fingerprint density at radius 1 is 1.00 bits per heavy atom. The van der Waals surface area contributed by atoms with Crippen LogP contribution in [0.1, 0.15) is 0 Å². The number of hydrogen-bond donors (Lipinski definition) is 1. The second kappa shape index (κ2) is 11.2. The molecule has 168 valence electrons. The highest BCUT2D eigenvalue weighted by Crippen LogP contribution is 2.30. The molecule has 1 amide bonds. The van der Waals surface area contributed by atoms with Crippen LogP contribution in [0.25, 0.3) is 11.4 Å². The molecule has 0 saturated carbocycles. The summed E-state index contributed by atoms with van der Waals surface area (Å²) in [5, 5.41) is 13.1. The average molecular weight is 492 g/mol. The van der Waals surface area contributed by atoms with E-state index < -0.39 is 0 Å². The Morgan fingerprint density at radius 2 is 1.72 bits per heavy atom. The normalized spacial score (nSPS) is 14.4. The summed E-state index contributed by atoms with van der Waals surface area (Å²) in [6.07, 6.45) is 0. The lowest BCUT2D eigenvalue weighted by molar-refractivity contribution is -0.113. The zero-order chi connectivity index (χ0) is 22.3. The first-order valence-electron chi connectivity index (χ1n) is 10.3. The van der Waals surface area contributed by atoms with Crippen molar-refractivity contribution in [2.75, 3.05) is 43.9 Å². The Bertz CT molecular complexity index is 1040. The highest BCUT2D eigenvalue weighted by atomic mass is 35.5. The summed E-state index contributed by atoms with van der Waals surface area (Å²) in [5.41, 5.74) is 1.40. The van der Waals surface area contributed by atoms with Gasteiger partial charge in [-0.05, 0) is 12.1 Å². The summed E-state index contributed by atoms with van der Waals surface area (Å²) in [6.45, 7) is 4.90. The van der Waals surface area contributed by atoms with Gasteiger partial charge in [-0.3, -0.25) is 9.69 Å². The van der Waals surface area contributed by atoms with E-state index in [4.69, 9.17) is 27.9 Å². The number of aromatic nitrogens is 3. The molecule has 10 heteroatoms. The molecule has 2 aromatic carbocycles. The highest BCUT2D eigenvalue weighted by molar-refractivity contribution is 7.99. The van der Waals surface area contributed by atoms with Crippen molar-refractivity contribution in [3.8, 4) is 11.4 Å². The van der Waals surface area contributed by atoms with Gasteiger partial charge in [0.15, 0.2) is 11.0 Å². The summed E-state index contributed by atoms with van der Waals surface area (Å²) >= 11 is 13.6. The second-order valence-corrected chi connectivity index (χ2v) is 8.97. The lowest BCUT2D eigenvalue weighted by Crippen LogP contribution is -2.38. The number of thioether (sulfide) groups is 1. The molecule has 0 aliphatic carbocycles. The second-order valence-electron chi connectivity index (χ2n) is 7.21. The molecule has 0 radical (unpaired) electrons. The third-order valence-electron chi connectivity index (χ3n) is 5.05. The van der Waals surface area contributed by atoms with E-state index in [2.05, 4.69) is 25.0 Å². The molecular weight excluding hydrogens is 469 g/mol. The van der Waals surface area contributed by atoms with Crippen molar-refractivity contribution in [3.05, 3.63) is 58.6 Å². The molecular formula is C22H23Cl2N5O2S. The number of hydrogen-bond acceptors (Lipinski definition) is 6. The molecule has 0 bridgehead atoms. The van der Waals surface area contributed by atoms with Gasteiger partial charge in [0.25, 0.3) is 0 Å². The number of para-hydroxylation sites is 1. The Hall–Kier alpha value is -2.10. The van der Waals surface area contributed by atoms with E-state index in [-0.39, 0.29) is 11.7 Å². The topological polar surface area (TPSA) is 72.3 Å². The fourth-order valence-electron chi connectivity index (χ4n) is 3.39. The van der Waals surface area contributed by atoms with E-state index in [1.165, 1.54) is 11.8 Å². The maximum Gasteiger partial charge on any atom is 0.234 e. The summed E-state index contributed by atoms with van der Waals surface area (Å²) in [7, 11) is 0. The zero-order valence-corrected chi connectivity index (χ0v) is 19.7. The van der Waals surface area contributed by atoms with Crippen LogP contribution in [0.4, 0.5) is 5.69 Å². The molecule has 0 unspecified atom stereocenters. The summed E-state index contributed by atoms with van der Waals surface area (Å²) in [5.74, 6) is 0.733. The SMILES string of the molecule is O=C(CSc1nnc(-c2ccccc2)n1CCN1CCOCC1)Nc1c(Cl)cccc1Cl. The largest absolute Gasteiger partial charge is 0.379 e. The molecule has 7 nitrogen and oxygen atoms in total. The number of anilines is 1. The molecule has 1 N–H and O–H groups in total. The van der Waals surface area contributed by atoms with Gasteiger partial charge in [-0.15, -0.1) is 10.2 Å². The predicted molar refractivity (Wildman–Crippen MR) is 129 cm³/mol. The minimum absolute atomic E-state index is 0.159. The minimum Gasteiger partial charge on any atom is -0.379 e. The zero-order valence-electron chi connectivity index (χ0n) is 17.3. The van der Waals surface area contributed by atoms with Crippen molar-refractivity contribution < 1.29 is 9.53 Å². The number of nitrogens with zero attached hydrogens (tertiary/aromatic N) is 4. The third kappa shape index (κ3) is 5.82. The monoisotopic (exact) mass is 491 g/mol. The molecule has 32 heavy (non-hydrogen) atoms. The van der Waals surface area contributed by atoms with Gasteiger partial charge in [-0.1, -0.05) is 71.4 Å². The first-order chi connectivity index (χ1) is 15.6. The molecule has 0 spiro atoms. The molecule has 0 atom stereocenters. The van der Waals surface area contributed by atoms with Crippen LogP contribution in [0.3, 0.4) is 0 Å². The number of carbonyl (C=O) groups is 1. The lowest BCUT2D eigenvalue weighted by Gasteiger charge is -2.27. The van der Waals surface area contributed by atoms with Crippen molar-refractivity contribution >= 4 is 46.6 Å². The number of rotatable bonds is 8. The van der Waals surface area contributed by atoms with Gasteiger partial charge in [0.2, 0.25) is 5.91 Å². The van der Waals surface area contributed by atoms with Crippen LogP contribution in [-0.2, 0) is 16.1 Å². The van der Waals surface area contributed by atoms with E-state index in [0.29, 0.717) is 20.9 Å². The smallest absolute Gasteiger partial charge is 0.234 e. The van der Waals surface area contributed by atoms with Gasteiger partial charge in [0.1, 0.15) is 0 Å². The predicted octanol–water partition coefficient (Wildman–Crippen LogP) is 4.31. The van der Waals surface area contributed by atoms with Gasteiger partial charge in [0, 0.05) is 31.7 Å². The molecule has 1 fully saturated rings. The van der Waals surface area contributed by atoms with Crippen LogP contribution >= 0.6 is 35.0 Å². The fourth-order valence-corrected chi connectivity index (χ4v) is 4.64. The summed E-state index contributed by atoms with van der Waals surface area (Å²) in [6, 6.07) is 15.0. The summed E-state index contributed by atoms with van der Waals surface area (Å²) in [4.78, 5) is 14.9. The van der Waals surface area contributed by atoms with Gasteiger partial charge >= 0.3 is 0 Å². The van der Waals surface area contributed by atoms with Crippen LogP contribution in [0.2, 0.25) is 10.0 Å². The number of ether oxygens (including phenoxy) is 1. The molecule has 4 rings (SSSR count). The van der Waals surface area contributed by atoms with Gasteiger partial charge in [-0.2, -0.15) is 0 Å². The van der Waals surface area contributed by atoms with Crippen molar-refractivity contribution in [1.82, 2.24) is 19.7 Å². The van der Waals surface area contributed by atoms with Crippen LogP contribution in [-0.4, -0.2) is 64.2 Å². The first-order valence-corrected chi connectivity index (χ1v) is 12.0. The van der Waals surface area contributed by atoms with E-state index in [1.807, 2.05) is 30.3 Å². The molecule has 2 heterocycles. The number of benzene rings is 2. The summed E-state index contributed by atoms with van der Waals surface area (Å²) < 4.78 is 7.52. The highest BCUT2D eigenvalue weighted by Gasteiger charge is 2.18. The van der Waals surface area contributed by atoms with Crippen LogP contribution in [0.5, 0.6) is 0 Å². The molecule has 3 aromatic rings. The van der Waals surface area contributed by atoms with Crippen molar-refractivity contribution in [3.63, 3.8) is 0 Å². The number of halogens is 2. The van der Waals surface area contributed by atoms with Crippen molar-refractivity contribution in [2.24, 2.45) is 0 Å². The van der Waals surface area contributed by atoms with Gasteiger partial charge < -0.3 is 14.6 Å². The Labute approximate surface area is 201 Å². The molecule has 1 aliphatic heterocycles. The van der Waals surface area contributed by atoms with Crippen molar-refractivity contribution in [2.45, 2.75) is 11.7 Å². The standard InChI is InChI=1S/C22H23Cl2N5O2S/c23-17-7-4-8-18(24)20(17)25-19(30)15-32-22-27-26-21(16-5-2-1-3-6-16)29(22)10-9-28-11-13-31-14-12-28/h1-8H,9-15H2,(H,25,30). The maximum atomic E-state index is 12.6. The average Bonchev–Trinajstić information content (AvgIpc) is 3.23. The maximum absolute atomic E-state index is 12.6. The number of amides is 1. The molecule has 1 aliphatic rings. The quantitative estimate of drug-likeness (QED) is 0.473. The van der Waals surface area contributed by atoms with E-state index in [9.17, 15) is 4.79 Å². The van der Waals surface area contributed by atoms with Gasteiger partial charge in [0.05, 0.1) is 34.7 Å².